The second-order valence-corrected chi connectivity index (χ2v) is 5.17. The first-order valence-electron chi connectivity index (χ1n) is 6.75. The van der Waals surface area contributed by atoms with Gasteiger partial charge >= 0.3 is 0 Å². The number of carbonyl (C=O) groups is 1. The molecule has 1 unspecified atom stereocenters. The van der Waals surface area contributed by atoms with Crippen LogP contribution < -0.4 is 11.1 Å². The lowest BCUT2D eigenvalue weighted by atomic mass is 10.1. The molecule has 1 heterocycles. The number of benzene rings is 1. The van der Waals surface area contributed by atoms with E-state index >= 15 is 0 Å². The van der Waals surface area contributed by atoms with E-state index < -0.39 is 0 Å². The molecular formula is C14H20ClN3O2. The molecule has 20 heavy (non-hydrogen) atoms. The van der Waals surface area contributed by atoms with Crippen molar-refractivity contribution in [3.8, 4) is 0 Å². The Balaban J connectivity index is 2.14. The van der Waals surface area contributed by atoms with Gasteiger partial charge < -0.3 is 15.8 Å². The van der Waals surface area contributed by atoms with Gasteiger partial charge in [-0.05, 0) is 19.1 Å². The number of morpholine rings is 1. The zero-order valence-corrected chi connectivity index (χ0v) is 12.3. The predicted octanol–water partition coefficient (Wildman–Crippen LogP) is 1.26. The Labute approximate surface area is 124 Å². The molecule has 0 aromatic heterocycles. The smallest absolute Gasteiger partial charge is 0.239 e. The van der Waals surface area contributed by atoms with Crippen LogP contribution in [0.2, 0.25) is 5.02 Å². The zero-order valence-electron chi connectivity index (χ0n) is 11.6. The van der Waals surface area contributed by atoms with Gasteiger partial charge in [0.2, 0.25) is 5.91 Å². The number of rotatable bonds is 4. The molecule has 0 spiro atoms. The minimum Gasteiger partial charge on any atom is -0.398 e. The minimum atomic E-state index is -0.292. The molecule has 5 nitrogen and oxygen atoms in total. The van der Waals surface area contributed by atoms with Gasteiger partial charge in [0, 0.05) is 35.9 Å². The highest BCUT2D eigenvalue weighted by Gasteiger charge is 2.29. The van der Waals surface area contributed by atoms with Gasteiger partial charge in [0.1, 0.15) is 6.04 Å². The van der Waals surface area contributed by atoms with E-state index in [0.29, 0.717) is 43.6 Å². The summed E-state index contributed by atoms with van der Waals surface area (Å²) in [5.41, 5.74) is 7.49. The summed E-state index contributed by atoms with van der Waals surface area (Å²) in [6.07, 6.45) is 0. The van der Waals surface area contributed by atoms with Crippen molar-refractivity contribution >= 4 is 23.2 Å². The summed E-state index contributed by atoms with van der Waals surface area (Å²) in [6.45, 7) is 4.76. The van der Waals surface area contributed by atoms with E-state index in [-0.39, 0.29) is 11.9 Å². The van der Waals surface area contributed by atoms with Gasteiger partial charge in [-0.1, -0.05) is 17.7 Å². The zero-order chi connectivity index (χ0) is 14.5. The molecule has 1 fully saturated rings. The molecule has 1 aromatic carbocycles. The Hall–Kier alpha value is -1.30. The van der Waals surface area contributed by atoms with Gasteiger partial charge in [0.05, 0.1) is 13.2 Å². The maximum absolute atomic E-state index is 12.1. The van der Waals surface area contributed by atoms with Gasteiger partial charge in [-0.3, -0.25) is 9.69 Å². The minimum absolute atomic E-state index is 0.0159. The van der Waals surface area contributed by atoms with Crippen LogP contribution in [0.1, 0.15) is 12.5 Å². The second-order valence-electron chi connectivity index (χ2n) is 4.76. The van der Waals surface area contributed by atoms with Crippen LogP contribution in [0.4, 0.5) is 5.69 Å². The van der Waals surface area contributed by atoms with E-state index in [9.17, 15) is 4.79 Å². The van der Waals surface area contributed by atoms with Crippen LogP contribution in [-0.2, 0) is 16.1 Å². The van der Waals surface area contributed by atoms with Crippen LogP contribution in [-0.4, -0.2) is 43.2 Å². The Kier molecular flexibility index (Phi) is 5.23. The van der Waals surface area contributed by atoms with E-state index in [2.05, 4.69) is 10.2 Å². The van der Waals surface area contributed by atoms with Gasteiger partial charge in [-0.2, -0.15) is 0 Å². The van der Waals surface area contributed by atoms with Crippen molar-refractivity contribution in [3.05, 3.63) is 28.8 Å². The molecule has 1 aliphatic heterocycles. The summed E-state index contributed by atoms with van der Waals surface area (Å²) in [7, 11) is 0. The van der Waals surface area contributed by atoms with Crippen LogP contribution in [0.5, 0.6) is 0 Å². The highest BCUT2D eigenvalue weighted by molar-refractivity contribution is 6.31. The van der Waals surface area contributed by atoms with E-state index in [1.807, 2.05) is 25.1 Å². The van der Waals surface area contributed by atoms with Crippen molar-refractivity contribution in [2.45, 2.75) is 19.5 Å². The Morgan fingerprint density at radius 1 is 1.60 bits per heavy atom. The maximum Gasteiger partial charge on any atom is 0.239 e. The number of hydrogen-bond donors (Lipinski definition) is 2. The lowest BCUT2D eigenvalue weighted by Crippen LogP contribution is -2.53. The Morgan fingerprint density at radius 3 is 3.10 bits per heavy atom. The van der Waals surface area contributed by atoms with Crippen molar-refractivity contribution in [1.29, 1.82) is 0 Å². The first-order chi connectivity index (χ1) is 9.63. The lowest BCUT2D eigenvalue weighted by Gasteiger charge is -2.34. The summed E-state index contributed by atoms with van der Waals surface area (Å²) in [4.78, 5) is 14.1. The number of ether oxygens (including phenoxy) is 1. The van der Waals surface area contributed by atoms with Gasteiger partial charge in [-0.15, -0.1) is 0 Å². The average molecular weight is 298 g/mol. The van der Waals surface area contributed by atoms with Gasteiger partial charge in [0.15, 0.2) is 0 Å². The Bertz CT molecular complexity index is 461. The first-order valence-corrected chi connectivity index (χ1v) is 7.13. The maximum atomic E-state index is 12.1. The molecule has 110 valence electrons. The molecule has 1 amide bonds. The fourth-order valence-electron chi connectivity index (χ4n) is 2.31. The molecule has 0 saturated carbocycles. The third-order valence-corrected chi connectivity index (χ3v) is 3.76. The van der Waals surface area contributed by atoms with Crippen molar-refractivity contribution in [2.75, 3.05) is 32.0 Å². The molecular weight excluding hydrogens is 278 g/mol. The highest BCUT2D eigenvalue weighted by Crippen LogP contribution is 2.25. The number of nitrogen functional groups attached to an aromatic ring is 1. The number of nitrogens with two attached hydrogens (primary N) is 1. The standard InChI is InChI=1S/C14H20ClN3O2/c1-2-17-14(19)13-9-20-7-6-18(13)8-10-11(15)4-3-5-12(10)16/h3-5,13H,2,6-9,16H2,1H3,(H,17,19). The number of nitrogens with one attached hydrogen (secondary N) is 1. The summed E-state index contributed by atoms with van der Waals surface area (Å²) in [5.74, 6) is -0.0159. The number of amides is 1. The molecule has 2 rings (SSSR count). The molecule has 0 radical (unpaired) electrons. The van der Waals surface area contributed by atoms with Crippen LogP contribution in [0.3, 0.4) is 0 Å². The molecule has 1 aliphatic rings. The number of carbonyl (C=O) groups excluding carboxylic acids is 1. The first kappa shape index (κ1) is 15.1. The van der Waals surface area contributed by atoms with Crippen molar-refractivity contribution in [1.82, 2.24) is 10.2 Å². The van der Waals surface area contributed by atoms with Crippen LogP contribution >= 0.6 is 11.6 Å². The quantitative estimate of drug-likeness (QED) is 0.821. The molecule has 1 atom stereocenters. The highest BCUT2D eigenvalue weighted by atomic mass is 35.5. The van der Waals surface area contributed by atoms with E-state index in [1.165, 1.54) is 0 Å². The lowest BCUT2D eigenvalue weighted by molar-refractivity contribution is -0.132. The molecule has 0 aliphatic carbocycles. The molecule has 0 bridgehead atoms. The SMILES string of the molecule is CCNC(=O)C1COCCN1Cc1c(N)cccc1Cl. The number of anilines is 1. The molecule has 1 saturated heterocycles. The summed E-state index contributed by atoms with van der Waals surface area (Å²) >= 11 is 6.20. The van der Waals surface area contributed by atoms with E-state index in [0.717, 1.165) is 5.56 Å². The number of halogens is 1. The summed E-state index contributed by atoms with van der Waals surface area (Å²) in [5, 5.41) is 3.47. The van der Waals surface area contributed by atoms with Crippen LogP contribution in [0.15, 0.2) is 18.2 Å². The third-order valence-electron chi connectivity index (χ3n) is 3.41. The summed E-state index contributed by atoms with van der Waals surface area (Å²) in [6, 6.07) is 5.17. The van der Waals surface area contributed by atoms with Gasteiger partial charge in [-0.25, -0.2) is 0 Å². The van der Waals surface area contributed by atoms with Crippen molar-refractivity contribution in [3.63, 3.8) is 0 Å². The molecule has 6 heteroatoms. The van der Waals surface area contributed by atoms with E-state index in [4.69, 9.17) is 22.1 Å². The summed E-state index contributed by atoms with van der Waals surface area (Å²) < 4.78 is 5.41. The van der Waals surface area contributed by atoms with E-state index in [1.54, 1.807) is 0 Å². The largest absolute Gasteiger partial charge is 0.398 e. The molecule has 1 aromatic rings. The third kappa shape index (κ3) is 3.42. The fraction of sp³-hybridized carbons (Fsp3) is 0.500. The Morgan fingerprint density at radius 2 is 2.40 bits per heavy atom. The van der Waals surface area contributed by atoms with Gasteiger partial charge in [0.25, 0.3) is 0 Å². The van der Waals surface area contributed by atoms with Crippen molar-refractivity contribution in [2.24, 2.45) is 0 Å². The molecule has 3 N–H and O–H groups in total. The normalized spacial score (nSPS) is 19.8. The number of hydrogen-bond acceptors (Lipinski definition) is 4. The number of likely N-dealkylation sites (N-methyl/N-ethyl adjacent to an activating group) is 1. The fourth-order valence-corrected chi connectivity index (χ4v) is 2.55. The second kappa shape index (κ2) is 6.92. The van der Waals surface area contributed by atoms with Crippen LogP contribution in [0.25, 0.3) is 0 Å². The monoisotopic (exact) mass is 297 g/mol. The number of nitrogens with zero attached hydrogens (tertiary/aromatic N) is 1. The van der Waals surface area contributed by atoms with Crippen molar-refractivity contribution < 1.29 is 9.53 Å². The topological polar surface area (TPSA) is 67.6 Å². The average Bonchev–Trinajstić information content (AvgIpc) is 2.44. The predicted molar refractivity (Wildman–Crippen MR) is 79.6 cm³/mol. The van der Waals surface area contributed by atoms with Crippen LogP contribution in [0, 0.1) is 0 Å².